The lowest BCUT2D eigenvalue weighted by Gasteiger charge is -2.26. The minimum absolute atomic E-state index is 0.0797. The van der Waals surface area contributed by atoms with Crippen molar-refractivity contribution >= 4 is 27.8 Å². The Morgan fingerprint density at radius 2 is 1.90 bits per heavy atom. The lowest BCUT2D eigenvalue weighted by Crippen LogP contribution is -2.47. The summed E-state index contributed by atoms with van der Waals surface area (Å²) in [7, 11) is 0. The summed E-state index contributed by atoms with van der Waals surface area (Å²) in [5.74, 6) is -0.869. The van der Waals surface area contributed by atoms with E-state index < -0.39 is 17.6 Å². The average molecular weight is 357 g/mol. The second-order valence-corrected chi connectivity index (χ2v) is 7.04. The molecule has 1 N–H and O–H groups in total. The Morgan fingerprint density at radius 3 is 2.38 bits per heavy atom. The van der Waals surface area contributed by atoms with Crippen LogP contribution >= 0.6 is 15.9 Å². The molecule has 6 heteroatoms. The molecule has 116 valence electrons. The van der Waals surface area contributed by atoms with Crippen LogP contribution in [0.3, 0.4) is 0 Å². The van der Waals surface area contributed by atoms with Gasteiger partial charge < -0.3 is 10.1 Å². The second kappa shape index (κ2) is 7.02. The molecule has 0 spiro atoms. The van der Waals surface area contributed by atoms with Crippen molar-refractivity contribution in [2.24, 2.45) is 5.92 Å². The van der Waals surface area contributed by atoms with E-state index in [1.54, 1.807) is 33.0 Å². The fraction of sp³-hybridized carbons (Fsp3) is 0.533. The van der Waals surface area contributed by atoms with Gasteiger partial charge >= 0.3 is 5.97 Å². The van der Waals surface area contributed by atoms with E-state index in [0.717, 1.165) is 0 Å². The van der Waals surface area contributed by atoms with Crippen LogP contribution in [-0.2, 0) is 9.53 Å². The van der Waals surface area contributed by atoms with Gasteiger partial charge in [-0.25, -0.2) is 4.79 Å². The minimum Gasteiger partial charge on any atom is -0.458 e. The summed E-state index contributed by atoms with van der Waals surface area (Å²) in [5, 5.41) is 2.71. The molecule has 0 aromatic carbocycles. The van der Waals surface area contributed by atoms with Crippen molar-refractivity contribution in [1.82, 2.24) is 10.3 Å². The summed E-state index contributed by atoms with van der Waals surface area (Å²) in [6.07, 6.45) is 3.04. The van der Waals surface area contributed by atoms with Crippen LogP contribution in [0.5, 0.6) is 0 Å². The van der Waals surface area contributed by atoms with Crippen LogP contribution < -0.4 is 5.32 Å². The molecule has 1 amide bonds. The largest absolute Gasteiger partial charge is 0.458 e. The number of ether oxygens (including phenoxy) is 1. The molecule has 1 atom stereocenters. The van der Waals surface area contributed by atoms with Gasteiger partial charge in [0.1, 0.15) is 11.6 Å². The predicted molar refractivity (Wildman–Crippen MR) is 83.9 cm³/mol. The molecule has 0 radical (unpaired) electrons. The normalized spacial score (nSPS) is 12.9. The van der Waals surface area contributed by atoms with Crippen molar-refractivity contribution in [2.45, 2.75) is 46.3 Å². The van der Waals surface area contributed by atoms with Gasteiger partial charge in [-0.15, -0.1) is 0 Å². The zero-order chi connectivity index (χ0) is 16.2. The van der Waals surface area contributed by atoms with Gasteiger partial charge in [-0.05, 0) is 48.7 Å². The molecule has 1 rings (SSSR count). The van der Waals surface area contributed by atoms with E-state index in [4.69, 9.17) is 4.74 Å². The van der Waals surface area contributed by atoms with E-state index in [1.807, 2.05) is 13.8 Å². The van der Waals surface area contributed by atoms with Crippen LogP contribution in [0.25, 0.3) is 0 Å². The Hall–Kier alpha value is -1.43. The molecule has 0 unspecified atom stereocenters. The number of aromatic nitrogens is 1. The molecule has 0 aliphatic rings. The smallest absolute Gasteiger partial charge is 0.329 e. The number of halogens is 1. The van der Waals surface area contributed by atoms with E-state index in [-0.39, 0.29) is 11.8 Å². The van der Waals surface area contributed by atoms with Gasteiger partial charge in [0.15, 0.2) is 0 Å². The number of carbonyl (C=O) groups excluding carboxylic acids is 2. The molecule has 0 saturated heterocycles. The van der Waals surface area contributed by atoms with Gasteiger partial charge in [0.2, 0.25) is 0 Å². The Labute approximate surface area is 133 Å². The predicted octanol–water partition coefficient (Wildman–Crippen LogP) is 2.94. The molecule has 5 nitrogen and oxygen atoms in total. The highest BCUT2D eigenvalue weighted by Crippen LogP contribution is 2.14. The highest BCUT2D eigenvalue weighted by molar-refractivity contribution is 9.10. The van der Waals surface area contributed by atoms with Crippen molar-refractivity contribution in [1.29, 1.82) is 0 Å². The molecular formula is C15H21BrN2O3. The van der Waals surface area contributed by atoms with Crippen LogP contribution in [0.15, 0.2) is 22.9 Å². The molecule has 0 aliphatic heterocycles. The first-order valence-electron chi connectivity index (χ1n) is 6.74. The number of amides is 1. The van der Waals surface area contributed by atoms with Crippen molar-refractivity contribution in [3.05, 3.63) is 28.5 Å². The molecular weight excluding hydrogens is 336 g/mol. The van der Waals surface area contributed by atoms with Crippen LogP contribution in [0.1, 0.15) is 45.0 Å². The fourth-order valence-electron chi connectivity index (χ4n) is 1.62. The maximum absolute atomic E-state index is 12.2. The zero-order valence-corrected chi connectivity index (χ0v) is 14.5. The summed E-state index contributed by atoms with van der Waals surface area (Å²) >= 11 is 3.26. The number of hydrogen-bond acceptors (Lipinski definition) is 4. The Bertz CT molecular complexity index is 524. The van der Waals surface area contributed by atoms with Gasteiger partial charge in [-0.3, -0.25) is 9.78 Å². The van der Waals surface area contributed by atoms with Gasteiger partial charge in [0, 0.05) is 16.9 Å². The summed E-state index contributed by atoms with van der Waals surface area (Å²) < 4.78 is 6.05. The standard InChI is InChI=1S/C15H21BrN2O3/c1-9(2)12(14(20)21-15(3,4)5)18-13(19)10-6-11(16)8-17-7-10/h6-9,12H,1-5H3,(H,18,19)/t12-/m0/s1. The molecule has 0 saturated carbocycles. The number of nitrogens with one attached hydrogen (secondary N) is 1. The number of hydrogen-bond donors (Lipinski definition) is 1. The van der Waals surface area contributed by atoms with Crippen LogP contribution in [-0.4, -0.2) is 28.5 Å². The van der Waals surface area contributed by atoms with E-state index in [2.05, 4.69) is 26.2 Å². The van der Waals surface area contributed by atoms with Crippen molar-refractivity contribution in [3.8, 4) is 0 Å². The molecule has 1 aromatic heterocycles. The number of nitrogens with zero attached hydrogens (tertiary/aromatic N) is 1. The van der Waals surface area contributed by atoms with Gasteiger partial charge in [-0.2, -0.15) is 0 Å². The van der Waals surface area contributed by atoms with E-state index in [0.29, 0.717) is 10.0 Å². The number of pyridine rings is 1. The number of rotatable bonds is 4. The summed E-state index contributed by atoms with van der Waals surface area (Å²) in [4.78, 5) is 28.3. The van der Waals surface area contributed by atoms with Gasteiger partial charge in [-0.1, -0.05) is 13.8 Å². The Balaban J connectivity index is 2.84. The van der Waals surface area contributed by atoms with Crippen molar-refractivity contribution in [3.63, 3.8) is 0 Å². The fourth-order valence-corrected chi connectivity index (χ4v) is 1.99. The van der Waals surface area contributed by atoms with Gasteiger partial charge in [0.25, 0.3) is 5.91 Å². The highest BCUT2D eigenvalue weighted by Gasteiger charge is 2.29. The molecule has 21 heavy (non-hydrogen) atoms. The van der Waals surface area contributed by atoms with Crippen LogP contribution in [0, 0.1) is 5.92 Å². The number of carbonyl (C=O) groups is 2. The first-order valence-corrected chi connectivity index (χ1v) is 7.53. The molecule has 1 heterocycles. The monoisotopic (exact) mass is 356 g/mol. The average Bonchev–Trinajstić information content (AvgIpc) is 2.32. The number of esters is 1. The summed E-state index contributed by atoms with van der Waals surface area (Å²) in [5.41, 5.74) is -0.203. The van der Waals surface area contributed by atoms with E-state index in [9.17, 15) is 9.59 Å². The van der Waals surface area contributed by atoms with Crippen molar-refractivity contribution < 1.29 is 14.3 Å². The molecule has 0 bridgehead atoms. The van der Waals surface area contributed by atoms with Crippen molar-refractivity contribution in [2.75, 3.05) is 0 Å². The summed E-state index contributed by atoms with van der Waals surface area (Å²) in [6, 6.07) is 0.949. The quantitative estimate of drug-likeness (QED) is 0.842. The summed E-state index contributed by atoms with van der Waals surface area (Å²) in [6.45, 7) is 9.09. The third-order valence-electron chi connectivity index (χ3n) is 2.58. The lowest BCUT2D eigenvalue weighted by molar-refractivity contribution is -0.158. The Morgan fingerprint density at radius 1 is 1.29 bits per heavy atom. The first kappa shape index (κ1) is 17.6. The maximum atomic E-state index is 12.2. The highest BCUT2D eigenvalue weighted by atomic mass is 79.9. The first-order chi connectivity index (χ1) is 9.60. The Kier molecular flexibility index (Phi) is 5.89. The third-order valence-corrected chi connectivity index (χ3v) is 3.01. The maximum Gasteiger partial charge on any atom is 0.329 e. The molecule has 0 aliphatic carbocycles. The molecule has 0 fully saturated rings. The van der Waals surface area contributed by atoms with Crippen LogP contribution in [0.4, 0.5) is 0 Å². The van der Waals surface area contributed by atoms with Gasteiger partial charge in [0.05, 0.1) is 5.56 Å². The topological polar surface area (TPSA) is 68.3 Å². The minimum atomic E-state index is -0.698. The zero-order valence-electron chi connectivity index (χ0n) is 12.9. The van der Waals surface area contributed by atoms with E-state index >= 15 is 0 Å². The third kappa shape index (κ3) is 5.83. The lowest BCUT2D eigenvalue weighted by atomic mass is 10.0. The second-order valence-electron chi connectivity index (χ2n) is 6.12. The SMILES string of the molecule is CC(C)[C@H](NC(=O)c1cncc(Br)c1)C(=O)OC(C)(C)C. The van der Waals surface area contributed by atoms with E-state index in [1.165, 1.54) is 6.20 Å². The molecule has 1 aromatic rings. The van der Waals surface area contributed by atoms with Crippen LogP contribution in [0.2, 0.25) is 0 Å².